The Hall–Kier alpha value is -2.20. The Labute approximate surface area is 132 Å². The lowest BCUT2D eigenvalue weighted by Crippen LogP contribution is -2.32. The Morgan fingerprint density at radius 2 is 1.91 bits per heavy atom. The number of nitrogens with zero attached hydrogens (tertiary/aromatic N) is 2. The molecule has 0 aliphatic rings. The van der Waals surface area contributed by atoms with E-state index >= 15 is 0 Å². The number of rotatable bonds is 8. The molecule has 2 rings (SSSR count). The first kappa shape index (κ1) is 16.2. The third-order valence-electron chi connectivity index (χ3n) is 3.50. The van der Waals surface area contributed by atoms with Gasteiger partial charge in [0.05, 0.1) is 5.69 Å². The topological polar surface area (TPSA) is 45.2 Å². The zero-order valence-corrected chi connectivity index (χ0v) is 13.0. The van der Waals surface area contributed by atoms with Gasteiger partial charge in [-0.2, -0.15) is 0 Å². The van der Waals surface area contributed by atoms with Crippen molar-refractivity contribution < 1.29 is 4.79 Å². The molecule has 0 radical (unpaired) electrons. The van der Waals surface area contributed by atoms with Crippen LogP contribution in [-0.4, -0.2) is 28.9 Å². The molecule has 1 aromatic heterocycles. The maximum absolute atomic E-state index is 12.3. The lowest BCUT2D eigenvalue weighted by Gasteiger charge is -2.21. The van der Waals surface area contributed by atoms with Crippen LogP contribution < -0.4 is 5.32 Å². The average molecular weight is 297 g/mol. The molecule has 2 aromatic rings. The zero-order valence-electron chi connectivity index (χ0n) is 13.0. The molecule has 0 saturated heterocycles. The molecule has 0 aliphatic heterocycles. The van der Waals surface area contributed by atoms with Crippen LogP contribution in [0.25, 0.3) is 0 Å². The van der Waals surface area contributed by atoms with Gasteiger partial charge in [-0.25, -0.2) is 0 Å². The molecule has 1 N–H and O–H groups in total. The van der Waals surface area contributed by atoms with Crippen molar-refractivity contribution in [1.29, 1.82) is 0 Å². The van der Waals surface area contributed by atoms with Crippen LogP contribution in [-0.2, 0) is 17.9 Å². The fraction of sp³-hybridized carbons (Fsp3) is 0.333. The number of hydrogen-bond donors (Lipinski definition) is 1. The van der Waals surface area contributed by atoms with Crippen LogP contribution in [0.2, 0.25) is 0 Å². The van der Waals surface area contributed by atoms with Gasteiger partial charge in [-0.1, -0.05) is 36.4 Å². The molecule has 4 nitrogen and oxygen atoms in total. The monoisotopic (exact) mass is 297 g/mol. The predicted octanol–water partition coefficient (Wildman–Crippen LogP) is 2.61. The number of aromatic nitrogens is 1. The Kier molecular flexibility index (Phi) is 6.58. The molecule has 0 unspecified atom stereocenters. The third-order valence-corrected chi connectivity index (χ3v) is 3.50. The quantitative estimate of drug-likeness (QED) is 0.762. The largest absolute Gasteiger partial charge is 0.339 e. The highest BCUT2D eigenvalue weighted by Crippen LogP contribution is 2.05. The van der Waals surface area contributed by atoms with E-state index in [1.807, 2.05) is 48.2 Å². The normalized spacial score (nSPS) is 10.4. The van der Waals surface area contributed by atoms with E-state index in [2.05, 4.69) is 22.4 Å². The van der Waals surface area contributed by atoms with E-state index in [0.717, 1.165) is 12.2 Å². The van der Waals surface area contributed by atoms with Crippen LogP contribution in [0.5, 0.6) is 0 Å². The fourth-order valence-corrected chi connectivity index (χ4v) is 2.25. The molecule has 1 aromatic carbocycles. The summed E-state index contributed by atoms with van der Waals surface area (Å²) in [4.78, 5) is 18.4. The van der Waals surface area contributed by atoms with E-state index in [9.17, 15) is 4.79 Å². The van der Waals surface area contributed by atoms with Crippen molar-refractivity contribution in [1.82, 2.24) is 15.2 Å². The second kappa shape index (κ2) is 8.95. The van der Waals surface area contributed by atoms with Crippen LogP contribution in [0.3, 0.4) is 0 Å². The number of nitrogens with one attached hydrogen (secondary N) is 1. The van der Waals surface area contributed by atoms with Gasteiger partial charge in [-0.3, -0.25) is 9.78 Å². The molecule has 116 valence electrons. The number of pyridine rings is 1. The van der Waals surface area contributed by atoms with Crippen molar-refractivity contribution in [3.63, 3.8) is 0 Å². The summed E-state index contributed by atoms with van der Waals surface area (Å²) in [5.74, 6) is 0.180. The molecular formula is C18H23N3O. The standard InChI is InChI=1S/C18H23N3O/c1-2-21(15-16-8-4-3-5-9-16)18(22)11-13-19-14-17-10-6-7-12-20-17/h3-10,12,19H,2,11,13-15H2,1H3. The summed E-state index contributed by atoms with van der Waals surface area (Å²) in [6.45, 7) is 4.78. The lowest BCUT2D eigenvalue weighted by molar-refractivity contribution is -0.131. The van der Waals surface area contributed by atoms with Crippen molar-refractivity contribution in [2.75, 3.05) is 13.1 Å². The molecule has 0 aliphatic carbocycles. The average Bonchev–Trinajstić information content (AvgIpc) is 2.58. The van der Waals surface area contributed by atoms with Gasteiger partial charge in [-0.05, 0) is 24.6 Å². The Bertz CT molecular complexity index is 557. The second-order valence-electron chi connectivity index (χ2n) is 5.14. The summed E-state index contributed by atoms with van der Waals surface area (Å²) >= 11 is 0. The summed E-state index contributed by atoms with van der Waals surface area (Å²) in [6, 6.07) is 15.9. The maximum atomic E-state index is 12.3. The highest BCUT2D eigenvalue weighted by molar-refractivity contribution is 5.76. The van der Waals surface area contributed by atoms with E-state index in [1.54, 1.807) is 6.20 Å². The molecule has 4 heteroatoms. The summed E-state index contributed by atoms with van der Waals surface area (Å²) < 4.78 is 0. The number of carbonyl (C=O) groups excluding carboxylic acids is 1. The highest BCUT2D eigenvalue weighted by Gasteiger charge is 2.11. The molecule has 22 heavy (non-hydrogen) atoms. The minimum Gasteiger partial charge on any atom is -0.339 e. The number of benzene rings is 1. The fourth-order valence-electron chi connectivity index (χ4n) is 2.25. The van der Waals surface area contributed by atoms with Crippen molar-refractivity contribution >= 4 is 5.91 Å². The molecule has 0 bridgehead atoms. The Morgan fingerprint density at radius 1 is 1.14 bits per heavy atom. The van der Waals surface area contributed by atoms with Crippen molar-refractivity contribution in [3.8, 4) is 0 Å². The van der Waals surface area contributed by atoms with Gasteiger partial charge >= 0.3 is 0 Å². The zero-order chi connectivity index (χ0) is 15.6. The van der Waals surface area contributed by atoms with Crippen LogP contribution in [0.15, 0.2) is 54.7 Å². The lowest BCUT2D eigenvalue weighted by atomic mass is 10.2. The molecule has 0 atom stereocenters. The van der Waals surface area contributed by atoms with Gasteiger partial charge in [0.1, 0.15) is 0 Å². The van der Waals surface area contributed by atoms with Gasteiger partial charge in [0.2, 0.25) is 5.91 Å². The summed E-state index contributed by atoms with van der Waals surface area (Å²) in [5, 5.41) is 3.27. The molecule has 1 amide bonds. The number of hydrogen-bond acceptors (Lipinski definition) is 3. The molecule has 0 saturated carbocycles. The molecule has 1 heterocycles. The van der Waals surface area contributed by atoms with E-state index < -0.39 is 0 Å². The first-order valence-electron chi connectivity index (χ1n) is 7.72. The van der Waals surface area contributed by atoms with Gasteiger partial charge in [0.15, 0.2) is 0 Å². The summed E-state index contributed by atoms with van der Waals surface area (Å²) in [6.07, 6.45) is 2.29. The highest BCUT2D eigenvalue weighted by atomic mass is 16.2. The van der Waals surface area contributed by atoms with Gasteiger partial charge < -0.3 is 10.2 Å². The summed E-state index contributed by atoms with van der Waals surface area (Å²) in [5.41, 5.74) is 2.16. The first-order chi connectivity index (χ1) is 10.8. The van der Waals surface area contributed by atoms with Crippen LogP contribution >= 0.6 is 0 Å². The molecule has 0 fully saturated rings. The first-order valence-corrected chi connectivity index (χ1v) is 7.72. The smallest absolute Gasteiger partial charge is 0.224 e. The van der Waals surface area contributed by atoms with Crippen molar-refractivity contribution in [2.24, 2.45) is 0 Å². The SMILES string of the molecule is CCN(Cc1ccccc1)C(=O)CCNCc1ccccn1. The number of carbonyl (C=O) groups is 1. The van der Waals surface area contributed by atoms with Crippen LogP contribution in [0, 0.1) is 0 Å². The van der Waals surface area contributed by atoms with E-state index in [4.69, 9.17) is 0 Å². The van der Waals surface area contributed by atoms with E-state index in [-0.39, 0.29) is 5.91 Å². The molecule has 0 spiro atoms. The van der Waals surface area contributed by atoms with Crippen LogP contribution in [0.4, 0.5) is 0 Å². The maximum Gasteiger partial charge on any atom is 0.224 e. The third kappa shape index (κ3) is 5.30. The van der Waals surface area contributed by atoms with Gasteiger partial charge in [-0.15, -0.1) is 0 Å². The molecular weight excluding hydrogens is 274 g/mol. The summed E-state index contributed by atoms with van der Waals surface area (Å²) in [7, 11) is 0. The van der Waals surface area contributed by atoms with Crippen LogP contribution in [0.1, 0.15) is 24.6 Å². The predicted molar refractivity (Wildman–Crippen MR) is 88.1 cm³/mol. The van der Waals surface area contributed by atoms with Crippen molar-refractivity contribution in [2.45, 2.75) is 26.4 Å². The second-order valence-corrected chi connectivity index (χ2v) is 5.14. The Morgan fingerprint density at radius 3 is 2.59 bits per heavy atom. The van der Waals surface area contributed by atoms with Crippen molar-refractivity contribution in [3.05, 3.63) is 66.0 Å². The minimum atomic E-state index is 0.180. The minimum absolute atomic E-state index is 0.180. The Balaban J connectivity index is 1.73. The van der Waals surface area contributed by atoms with E-state index in [0.29, 0.717) is 26.1 Å². The number of amides is 1. The van der Waals surface area contributed by atoms with Gasteiger partial charge in [0, 0.05) is 38.8 Å². The van der Waals surface area contributed by atoms with E-state index in [1.165, 1.54) is 5.56 Å². The van der Waals surface area contributed by atoms with Gasteiger partial charge in [0.25, 0.3) is 0 Å².